The Bertz CT molecular complexity index is 699. The molecule has 1 saturated heterocycles. The number of carboxylic acids is 1. The van der Waals surface area contributed by atoms with E-state index in [2.05, 4.69) is 10.1 Å². The average Bonchev–Trinajstić information content (AvgIpc) is 3.00. The molecule has 1 fully saturated rings. The number of nitrogen functional groups attached to an aromatic ring is 1. The monoisotopic (exact) mass is 292 g/mol. The van der Waals surface area contributed by atoms with Gasteiger partial charge in [0, 0.05) is 0 Å². The van der Waals surface area contributed by atoms with Crippen LogP contribution in [-0.4, -0.2) is 43.5 Å². The van der Waals surface area contributed by atoms with Gasteiger partial charge in [0.1, 0.15) is 17.9 Å². The van der Waals surface area contributed by atoms with Gasteiger partial charge in [0.2, 0.25) is 0 Å². The molecule has 0 spiro atoms. The Kier molecular flexibility index (Phi) is 3.26. The number of hydrogen-bond donors (Lipinski definition) is 3. The van der Waals surface area contributed by atoms with E-state index in [0.29, 0.717) is 12.1 Å². The second-order valence-corrected chi connectivity index (χ2v) is 5.27. The van der Waals surface area contributed by atoms with Crippen LogP contribution in [0.15, 0.2) is 12.4 Å². The summed E-state index contributed by atoms with van der Waals surface area (Å²) in [5.74, 6) is -0.847. The first-order chi connectivity index (χ1) is 10.0. The highest BCUT2D eigenvalue weighted by atomic mass is 16.5. The number of aliphatic hydroxyl groups excluding tert-OH is 1. The topological polar surface area (TPSA) is 123 Å². The molecular weight excluding hydrogens is 276 g/mol. The maximum absolute atomic E-state index is 11.4. The smallest absolute Gasteiger partial charge is 0.338 e. The third-order valence-corrected chi connectivity index (χ3v) is 3.83. The molecule has 8 nitrogen and oxygen atoms in total. The Morgan fingerprint density at radius 3 is 3.00 bits per heavy atom. The third kappa shape index (κ3) is 2.12. The van der Waals surface area contributed by atoms with E-state index in [0.717, 1.165) is 0 Å². The molecule has 21 heavy (non-hydrogen) atoms. The molecule has 2 aromatic heterocycles. The standard InChI is InChI=1S/C13H16N4O4/c1-6-2-7(4-18)21-11(6)9-3-8(13(19)20)10-12(14)15-5-16-17(9)10/h3,5-7,11,18H,2,4H2,1H3,(H,19,20)(H2,14,15,16). The average molecular weight is 292 g/mol. The molecule has 0 bridgehead atoms. The normalized spacial score (nSPS) is 25.5. The molecule has 0 radical (unpaired) electrons. The Morgan fingerprint density at radius 1 is 1.62 bits per heavy atom. The van der Waals surface area contributed by atoms with Gasteiger partial charge in [-0.3, -0.25) is 0 Å². The lowest BCUT2D eigenvalue weighted by molar-refractivity contribution is 0.00255. The van der Waals surface area contributed by atoms with Crippen molar-refractivity contribution in [2.45, 2.75) is 25.6 Å². The number of hydrogen-bond acceptors (Lipinski definition) is 6. The number of anilines is 1. The number of carbonyl (C=O) groups is 1. The summed E-state index contributed by atoms with van der Waals surface area (Å²) in [5.41, 5.74) is 6.70. The zero-order chi connectivity index (χ0) is 15.1. The van der Waals surface area contributed by atoms with Crippen LogP contribution in [0, 0.1) is 5.92 Å². The van der Waals surface area contributed by atoms with Gasteiger partial charge in [-0.2, -0.15) is 5.10 Å². The van der Waals surface area contributed by atoms with Gasteiger partial charge in [0.05, 0.1) is 24.0 Å². The van der Waals surface area contributed by atoms with Crippen molar-refractivity contribution >= 4 is 17.3 Å². The molecular formula is C13H16N4O4. The fraction of sp³-hybridized carbons (Fsp3) is 0.462. The van der Waals surface area contributed by atoms with Gasteiger partial charge in [-0.15, -0.1) is 0 Å². The molecule has 0 saturated carbocycles. The molecule has 3 unspecified atom stereocenters. The first kappa shape index (κ1) is 13.8. The minimum absolute atomic E-state index is 0.0475. The van der Waals surface area contributed by atoms with E-state index in [1.807, 2.05) is 6.92 Å². The predicted molar refractivity (Wildman–Crippen MR) is 72.8 cm³/mol. The molecule has 0 amide bonds. The minimum atomic E-state index is -1.09. The van der Waals surface area contributed by atoms with Crippen molar-refractivity contribution in [3.8, 4) is 0 Å². The molecule has 8 heteroatoms. The van der Waals surface area contributed by atoms with Crippen molar-refractivity contribution in [2.75, 3.05) is 12.3 Å². The van der Waals surface area contributed by atoms with Gasteiger partial charge < -0.3 is 20.7 Å². The molecule has 3 heterocycles. The zero-order valence-electron chi connectivity index (χ0n) is 11.4. The van der Waals surface area contributed by atoms with E-state index in [1.54, 1.807) is 0 Å². The number of carboxylic acid groups (broad SMARTS) is 1. The number of aromatic carboxylic acids is 1. The van der Waals surface area contributed by atoms with Crippen molar-refractivity contribution in [1.29, 1.82) is 0 Å². The fourth-order valence-corrected chi connectivity index (χ4v) is 2.87. The number of aromatic nitrogens is 3. The quantitative estimate of drug-likeness (QED) is 0.751. The van der Waals surface area contributed by atoms with Crippen LogP contribution in [0.4, 0.5) is 5.82 Å². The lowest BCUT2D eigenvalue weighted by Gasteiger charge is -2.14. The molecule has 3 rings (SSSR count). The van der Waals surface area contributed by atoms with Crippen LogP contribution in [0.3, 0.4) is 0 Å². The van der Waals surface area contributed by atoms with Crippen LogP contribution in [0.2, 0.25) is 0 Å². The van der Waals surface area contributed by atoms with Gasteiger partial charge in [0.15, 0.2) is 5.82 Å². The van der Waals surface area contributed by atoms with Gasteiger partial charge >= 0.3 is 5.97 Å². The summed E-state index contributed by atoms with van der Waals surface area (Å²) in [6, 6.07) is 1.52. The predicted octanol–water partition coefficient (Wildman–Crippen LogP) is 0.468. The van der Waals surface area contributed by atoms with Crippen molar-refractivity contribution in [3.63, 3.8) is 0 Å². The van der Waals surface area contributed by atoms with Crippen LogP contribution in [0.5, 0.6) is 0 Å². The van der Waals surface area contributed by atoms with E-state index in [1.165, 1.54) is 16.9 Å². The third-order valence-electron chi connectivity index (χ3n) is 3.83. The molecule has 4 N–H and O–H groups in total. The summed E-state index contributed by atoms with van der Waals surface area (Å²) in [5, 5.41) is 22.6. The number of fused-ring (bicyclic) bond motifs is 1. The fourth-order valence-electron chi connectivity index (χ4n) is 2.87. The Balaban J connectivity index is 2.16. The number of aliphatic hydroxyl groups is 1. The molecule has 1 aliphatic heterocycles. The van der Waals surface area contributed by atoms with Crippen molar-refractivity contribution in [1.82, 2.24) is 14.6 Å². The largest absolute Gasteiger partial charge is 0.478 e. The van der Waals surface area contributed by atoms with Gasteiger partial charge in [0.25, 0.3) is 0 Å². The highest BCUT2D eigenvalue weighted by Gasteiger charge is 2.36. The number of nitrogens with two attached hydrogens (primary N) is 1. The summed E-state index contributed by atoms with van der Waals surface area (Å²) >= 11 is 0. The highest BCUT2D eigenvalue weighted by Crippen LogP contribution is 2.39. The minimum Gasteiger partial charge on any atom is -0.478 e. The van der Waals surface area contributed by atoms with E-state index >= 15 is 0 Å². The summed E-state index contributed by atoms with van der Waals surface area (Å²) in [7, 11) is 0. The Labute approximate surface area is 120 Å². The van der Waals surface area contributed by atoms with E-state index in [9.17, 15) is 15.0 Å². The maximum Gasteiger partial charge on any atom is 0.338 e. The van der Waals surface area contributed by atoms with E-state index in [4.69, 9.17) is 10.5 Å². The molecule has 1 aliphatic rings. The first-order valence-electron chi connectivity index (χ1n) is 6.64. The highest BCUT2D eigenvalue weighted by molar-refractivity contribution is 5.99. The van der Waals surface area contributed by atoms with Crippen molar-refractivity contribution in [2.24, 2.45) is 5.92 Å². The SMILES string of the molecule is CC1CC(CO)OC1c1cc(C(=O)O)c2c(N)ncnn12. The summed E-state index contributed by atoms with van der Waals surface area (Å²) in [6.07, 6.45) is 1.40. The van der Waals surface area contributed by atoms with Gasteiger partial charge in [-0.1, -0.05) is 6.92 Å². The Morgan fingerprint density at radius 2 is 2.38 bits per heavy atom. The van der Waals surface area contributed by atoms with Crippen LogP contribution in [0.25, 0.3) is 5.52 Å². The second kappa shape index (κ2) is 4.97. The van der Waals surface area contributed by atoms with Crippen molar-refractivity contribution < 1.29 is 19.7 Å². The molecule has 0 aliphatic carbocycles. The molecule has 0 aromatic carbocycles. The lowest BCUT2D eigenvalue weighted by Crippen LogP contribution is -2.12. The lowest BCUT2D eigenvalue weighted by atomic mass is 9.99. The Hall–Kier alpha value is -2.19. The summed E-state index contributed by atoms with van der Waals surface area (Å²) in [4.78, 5) is 15.2. The zero-order valence-corrected chi connectivity index (χ0v) is 11.4. The molecule has 112 valence electrons. The number of rotatable bonds is 3. The van der Waals surface area contributed by atoms with Gasteiger partial charge in [-0.05, 0) is 18.4 Å². The number of ether oxygens (including phenoxy) is 1. The van der Waals surface area contributed by atoms with Crippen LogP contribution in [-0.2, 0) is 4.74 Å². The van der Waals surface area contributed by atoms with Crippen LogP contribution >= 0.6 is 0 Å². The van der Waals surface area contributed by atoms with Gasteiger partial charge in [-0.25, -0.2) is 14.3 Å². The summed E-state index contributed by atoms with van der Waals surface area (Å²) in [6.45, 7) is 1.93. The van der Waals surface area contributed by atoms with E-state index in [-0.39, 0.29) is 41.6 Å². The van der Waals surface area contributed by atoms with Crippen molar-refractivity contribution in [3.05, 3.63) is 23.7 Å². The molecule has 3 atom stereocenters. The van der Waals surface area contributed by atoms with Crippen LogP contribution in [0.1, 0.15) is 35.5 Å². The van der Waals surface area contributed by atoms with Crippen LogP contribution < -0.4 is 5.73 Å². The first-order valence-corrected chi connectivity index (χ1v) is 6.64. The van der Waals surface area contributed by atoms with E-state index < -0.39 is 5.97 Å². The molecule has 2 aromatic rings. The summed E-state index contributed by atoms with van der Waals surface area (Å²) < 4.78 is 7.25. The number of nitrogens with zero attached hydrogens (tertiary/aromatic N) is 3. The maximum atomic E-state index is 11.4. The second-order valence-electron chi connectivity index (χ2n) is 5.27.